The zero-order valence-corrected chi connectivity index (χ0v) is 14.9. The standard InChI is InChI=1S/C17H23Cl2N3O/c1-13(23)4-3-5-17-20-15-12-14(6-7-16(15)21(17)2)22(10-8-18)11-9-19/h6-7,12,23H,1,3-5,8-11H2,2H3. The van der Waals surface area contributed by atoms with Crippen LogP contribution in [0.15, 0.2) is 30.5 Å². The Labute approximate surface area is 147 Å². The molecule has 0 amide bonds. The van der Waals surface area contributed by atoms with E-state index in [4.69, 9.17) is 28.2 Å². The fourth-order valence-corrected chi connectivity index (χ4v) is 3.09. The summed E-state index contributed by atoms with van der Waals surface area (Å²) in [5, 5.41) is 9.19. The molecule has 0 radical (unpaired) electrons. The summed E-state index contributed by atoms with van der Waals surface area (Å²) in [4.78, 5) is 6.90. The molecule has 0 atom stereocenters. The molecule has 0 fully saturated rings. The number of aromatic nitrogens is 2. The van der Waals surface area contributed by atoms with E-state index in [1.807, 2.05) is 7.05 Å². The summed E-state index contributed by atoms with van der Waals surface area (Å²) < 4.78 is 2.10. The van der Waals surface area contributed by atoms with Gasteiger partial charge in [-0.1, -0.05) is 6.58 Å². The lowest BCUT2D eigenvalue weighted by molar-refractivity contribution is 0.386. The van der Waals surface area contributed by atoms with Gasteiger partial charge >= 0.3 is 0 Å². The number of hydrogen-bond donors (Lipinski definition) is 1. The number of allylic oxidation sites excluding steroid dienone is 1. The van der Waals surface area contributed by atoms with E-state index in [1.165, 1.54) is 0 Å². The number of anilines is 1. The van der Waals surface area contributed by atoms with Crippen LogP contribution in [-0.2, 0) is 13.5 Å². The molecule has 0 aliphatic carbocycles. The minimum atomic E-state index is 0.226. The van der Waals surface area contributed by atoms with Crippen molar-refractivity contribution in [2.75, 3.05) is 29.7 Å². The third kappa shape index (κ3) is 4.55. The number of alkyl halides is 2. The van der Waals surface area contributed by atoms with Gasteiger partial charge in [0.25, 0.3) is 0 Å². The van der Waals surface area contributed by atoms with Crippen molar-refractivity contribution in [3.8, 4) is 0 Å². The Morgan fingerprint density at radius 3 is 2.61 bits per heavy atom. The first-order chi connectivity index (χ1) is 11.1. The number of aryl methyl sites for hydroxylation is 2. The summed E-state index contributed by atoms with van der Waals surface area (Å²) in [5.41, 5.74) is 3.16. The van der Waals surface area contributed by atoms with Gasteiger partial charge in [0.1, 0.15) is 5.82 Å². The number of benzene rings is 1. The van der Waals surface area contributed by atoms with E-state index >= 15 is 0 Å². The summed E-state index contributed by atoms with van der Waals surface area (Å²) in [6.45, 7) is 5.04. The number of aliphatic hydroxyl groups excluding tert-OH is 1. The lowest BCUT2D eigenvalue weighted by atomic mass is 10.2. The Hall–Kier alpha value is -1.39. The van der Waals surface area contributed by atoms with E-state index < -0.39 is 0 Å². The normalized spacial score (nSPS) is 11.1. The fourth-order valence-electron chi connectivity index (χ4n) is 2.68. The SMILES string of the molecule is C=C(O)CCCc1nc2cc(N(CCCl)CCCl)ccc2n1C. The molecule has 1 aromatic heterocycles. The lowest BCUT2D eigenvalue weighted by Gasteiger charge is -2.22. The molecule has 23 heavy (non-hydrogen) atoms. The number of rotatable bonds is 9. The maximum Gasteiger partial charge on any atom is 0.109 e. The van der Waals surface area contributed by atoms with Crippen molar-refractivity contribution < 1.29 is 5.11 Å². The van der Waals surface area contributed by atoms with Gasteiger partial charge in [0, 0.05) is 50.4 Å². The van der Waals surface area contributed by atoms with Crippen LogP contribution in [0.1, 0.15) is 18.7 Å². The predicted molar refractivity (Wildman–Crippen MR) is 99.1 cm³/mol. The van der Waals surface area contributed by atoms with Gasteiger partial charge in [0.05, 0.1) is 16.8 Å². The minimum Gasteiger partial charge on any atom is -0.513 e. The van der Waals surface area contributed by atoms with Crippen LogP contribution in [0.5, 0.6) is 0 Å². The van der Waals surface area contributed by atoms with Crippen molar-refractivity contribution in [1.29, 1.82) is 0 Å². The van der Waals surface area contributed by atoms with Crippen LogP contribution in [0.3, 0.4) is 0 Å². The number of halogens is 2. The Morgan fingerprint density at radius 2 is 2.00 bits per heavy atom. The molecule has 2 rings (SSSR count). The summed E-state index contributed by atoms with van der Waals surface area (Å²) in [7, 11) is 2.02. The smallest absolute Gasteiger partial charge is 0.109 e. The zero-order chi connectivity index (χ0) is 16.8. The average Bonchev–Trinajstić information content (AvgIpc) is 2.83. The molecule has 1 N–H and O–H groups in total. The molecule has 4 nitrogen and oxygen atoms in total. The first kappa shape index (κ1) is 18.0. The number of hydrogen-bond acceptors (Lipinski definition) is 3. The monoisotopic (exact) mass is 355 g/mol. The Morgan fingerprint density at radius 1 is 1.30 bits per heavy atom. The number of fused-ring (bicyclic) bond motifs is 1. The fraction of sp³-hybridized carbons (Fsp3) is 0.471. The van der Waals surface area contributed by atoms with Gasteiger partial charge < -0.3 is 14.6 Å². The van der Waals surface area contributed by atoms with E-state index in [1.54, 1.807) is 0 Å². The number of imidazole rings is 1. The third-order valence-corrected chi connectivity index (χ3v) is 4.23. The highest BCUT2D eigenvalue weighted by Gasteiger charge is 2.11. The van der Waals surface area contributed by atoms with Gasteiger partial charge in [-0.05, 0) is 24.6 Å². The first-order valence-electron chi connectivity index (χ1n) is 7.75. The van der Waals surface area contributed by atoms with Gasteiger partial charge in [0.15, 0.2) is 0 Å². The average molecular weight is 356 g/mol. The van der Waals surface area contributed by atoms with Crippen LogP contribution in [0, 0.1) is 0 Å². The Kier molecular flexibility index (Phi) is 6.60. The lowest BCUT2D eigenvalue weighted by Crippen LogP contribution is -2.27. The molecule has 1 aromatic carbocycles. The first-order valence-corrected chi connectivity index (χ1v) is 8.82. The highest BCUT2D eigenvalue weighted by Crippen LogP contribution is 2.23. The second kappa shape index (κ2) is 8.46. The summed E-state index contributed by atoms with van der Waals surface area (Å²) in [6, 6.07) is 6.26. The Bertz CT molecular complexity index is 663. The van der Waals surface area contributed by atoms with Gasteiger partial charge in [-0.2, -0.15) is 0 Å². The molecule has 6 heteroatoms. The molecular formula is C17H23Cl2N3O. The van der Waals surface area contributed by atoms with Crippen LogP contribution in [0.2, 0.25) is 0 Å². The summed E-state index contributed by atoms with van der Waals surface area (Å²) >= 11 is 11.8. The van der Waals surface area contributed by atoms with Crippen molar-refractivity contribution in [2.24, 2.45) is 7.05 Å². The molecule has 1 heterocycles. The van der Waals surface area contributed by atoms with Crippen LogP contribution < -0.4 is 4.90 Å². The molecule has 2 aromatic rings. The van der Waals surface area contributed by atoms with Crippen LogP contribution in [-0.4, -0.2) is 39.5 Å². The molecule has 0 spiro atoms. The molecular weight excluding hydrogens is 333 g/mol. The molecule has 0 bridgehead atoms. The van der Waals surface area contributed by atoms with Crippen LogP contribution >= 0.6 is 23.2 Å². The molecule has 0 aliphatic rings. The molecule has 0 saturated carbocycles. The second-order valence-corrected chi connectivity index (χ2v) is 6.30. The topological polar surface area (TPSA) is 41.3 Å². The quantitative estimate of drug-likeness (QED) is 0.539. The Balaban J connectivity index is 2.23. The molecule has 126 valence electrons. The van der Waals surface area contributed by atoms with Crippen LogP contribution in [0.4, 0.5) is 5.69 Å². The van der Waals surface area contributed by atoms with E-state index in [-0.39, 0.29) is 5.76 Å². The van der Waals surface area contributed by atoms with Crippen molar-refractivity contribution in [3.05, 3.63) is 36.4 Å². The van der Waals surface area contributed by atoms with E-state index in [2.05, 4.69) is 34.2 Å². The highest BCUT2D eigenvalue weighted by atomic mass is 35.5. The predicted octanol–water partition coefficient (Wildman–Crippen LogP) is 4.25. The van der Waals surface area contributed by atoms with Gasteiger partial charge in [-0.15, -0.1) is 23.2 Å². The second-order valence-electron chi connectivity index (χ2n) is 5.54. The number of nitrogens with zero attached hydrogens (tertiary/aromatic N) is 3. The van der Waals surface area contributed by atoms with E-state index in [0.29, 0.717) is 18.2 Å². The van der Waals surface area contributed by atoms with E-state index in [9.17, 15) is 5.11 Å². The molecule has 0 aliphatic heterocycles. The summed E-state index contributed by atoms with van der Waals surface area (Å²) in [6.07, 6.45) is 2.25. The maximum atomic E-state index is 9.19. The van der Waals surface area contributed by atoms with Crippen molar-refractivity contribution >= 4 is 39.9 Å². The summed E-state index contributed by atoms with van der Waals surface area (Å²) in [5.74, 6) is 2.37. The van der Waals surface area contributed by atoms with Gasteiger partial charge in [-0.3, -0.25) is 0 Å². The maximum absolute atomic E-state index is 9.19. The molecule has 0 saturated heterocycles. The van der Waals surface area contributed by atoms with Crippen molar-refractivity contribution in [3.63, 3.8) is 0 Å². The third-order valence-electron chi connectivity index (χ3n) is 3.90. The van der Waals surface area contributed by atoms with E-state index in [0.717, 1.165) is 48.5 Å². The van der Waals surface area contributed by atoms with Crippen molar-refractivity contribution in [2.45, 2.75) is 19.3 Å². The zero-order valence-electron chi connectivity index (χ0n) is 13.4. The highest BCUT2D eigenvalue weighted by molar-refractivity contribution is 6.18. The molecule has 0 unspecified atom stereocenters. The van der Waals surface area contributed by atoms with Gasteiger partial charge in [-0.25, -0.2) is 4.98 Å². The number of aliphatic hydroxyl groups is 1. The largest absolute Gasteiger partial charge is 0.513 e. The van der Waals surface area contributed by atoms with Crippen molar-refractivity contribution in [1.82, 2.24) is 9.55 Å². The van der Waals surface area contributed by atoms with Crippen LogP contribution in [0.25, 0.3) is 11.0 Å². The van der Waals surface area contributed by atoms with Gasteiger partial charge in [0.2, 0.25) is 0 Å². The minimum absolute atomic E-state index is 0.226.